The summed E-state index contributed by atoms with van der Waals surface area (Å²) in [6, 6.07) is 0. The second-order valence-corrected chi connectivity index (χ2v) is 5.89. The van der Waals surface area contributed by atoms with Gasteiger partial charge in [-0.1, -0.05) is 6.92 Å². The minimum absolute atomic E-state index is 0.0785. The van der Waals surface area contributed by atoms with Gasteiger partial charge in [0.25, 0.3) is 0 Å². The molecule has 0 heterocycles. The Bertz CT molecular complexity index is 269. The first-order valence-electron chi connectivity index (χ1n) is 5.23. The van der Waals surface area contributed by atoms with Crippen LogP contribution in [0.25, 0.3) is 0 Å². The second-order valence-electron chi connectivity index (χ2n) is 3.63. The molecule has 90 valence electrons. The molecule has 0 aromatic carbocycles. The smallest absolute Gasteiger partial charge is 0.147 e. The summed E-state index contributed by atoms with van der Waals surface area (Å²) in [6.45, 7) is 3.14. The van der Waals surface area contributed by atoms with Crippen LogP contribution in [0.2, 0.25) is 0 Å². The Morgan fingerprint density at radius 2 is 1.87 bits per heavy atom. The summed E-state index contributed by atoms with van der Waals surface area (Å²) in [5.74, 6) is 0.170. The number of Topliss-reactive ketones (excluding diaryl/α,β-unsaturated/α-hetero) is 1. The lowest BCUT2D eigenvalue weighted by atomic mass is 10.2. The van der Waals surface area contributed by atoms with Crippen LogP contribution >= 0.6 is 0 Å². The van der Waals surface area contributed by atoms with E-state index in [-0.39, 0.29) is 11.5 Å². The highest BCUT2D eigenvalue weighted by Crippen LogP contribution is 1.99. The van der Waals surface area contributed by atoms with Gasteiger partial charge in [0.1, 0.15) is 15.6 Å². The van der Waals surface area contributed by atoms with Crippen molar-refractivity contribution >= 4 is 15.6 Å². The molecule has 5 heteroatoms. The van der Waals surface area contributed by atoms with Gasteiger partial charge in [-0.15, -0.1) is 0 Å². The third-order valence-corrected chi connectivity index (χ3v) is 2.87. The molecule has 0 aliphatic carbocycles. The monoisotopic (exact) mass is 236 g/mol. The predicted molar refractivity (Wildman–Crippen MR) is 59.7 cm³/mol. The molecule has 0 unspecified atom stereocenters. The van der Waals surface area contributed by atoms with Gasteiger partial charge in [0.15, 0.2) is 0 Å². The largest absolute Gasteiger partial charge is 0.381 e. The van der Waals surface area contributed by atoms with E-state index in [2.05, 4.69) is 0 Å². The van der Waals surface area contributed by atoms with E-state index in [1.165, 1.54) is 6.26 Å². The molecule has 0 saturated carbocycles. The Hall–Kier alpha value is -0.420. The van der Waals surface area contributed by atoms with Gasteiger partial charge in [0.2, 0.25) is 0 Å². The molecule has 0 aliphatic rings. The fraction of sp³-hybridized carbons (Fsp3) is 0.900. The minimum Gasteiger partial charge on any atom is -0.381 e. The van der Waals surface area contributed by atoms with Crippen LogP contribution in [0.5, 0.6) is 0 Å². The van der Waals surface area contributed by atoms with Crippen LogP contribution in [-0.4, -0.2) is 39.4 Å². The van der Waals surface area contributed by atoms with Gasteiger partial charge in [-0.3, -0.25) is 4.79 Å². The summed E-state index contributed by atoms with van der Waals surface area (Å²) in [7, 11) is -2.93. The van der Waals surface area contributed by atoms with E-state index in [0.717, 1.165) is 6.42 Å². The maximum atomic E-state index is 11.2. The lowest BCUT2D eigenvalue weighted by molar-refractivity contribution is -0.120. The van der Waals surface area contributed by atoms with E-state index in [1.807, 2.05) is 6.92 Å². The molecule has 0 amide bonds. The standard InChI is InChI=1S/C10H20O4S/c1-3-7-14-8-6-10(11)5-4-9-15(2,12)13/h3-9H2,1-2H3. The predicted octanol–water partition coefficient (Wildman–Crippen LogP) is 1.20. The van der Waals surface area contributed by atoms with Crippen molar-refractivity contribution < 1.29 is 17.9 Å². The molecule has 0 fully saturated rings. The SMILES string of the molecule is CCCOCCC(=O)CCCS(C)(=O)=O. The van der Waals surface area contributed by atoms with E-state index < -0.39 is 9.84 Å². The topological polar surface area (TPSA) is 60.4 Å². The Labute approximate surface area is 91.9 Å². The van der Waals surface area contributed by atoms with Crippen molar-refractivity contribution in [3.63, 3.8) is 0 Å². The number of rotatable bonds is 9. The van der Waals surface area contributed by atoms with Gasteiger partial charge >= 0.3 is 0 Å². The van der Waals surface area contributed by atoms with Gasteiger partial charge in [0, 0.05) is 25.7 Å². The molecule has 0 saturated heterocycles. The number of hydrogen-bond acceptors (Lipinski definition) is 4. The Morgan fingerprint density at radius 3 is 2.40 bits per heavy atom. The van der Waals surface area contributed by atoms with Crippen molar-refractivity contribution in [1.29, 1.82) is 0 Å². The van der Waals surface area contributed by atoms with E-state index >= 15 is 0 Å². The minimum atomic E-state index is -2.93. The summed E-state index contributed by atoms with van der Waals surface area (Å²) >= 11 is 0. The highest BCUT2D eigenvalue weighted by molar-refractivity contribution is 7.90. The van der Waals surface area contributed by atoms with E-state index in [9.17, 15) is 13.2 Å². The number of sulfone groups is 1. The molecule has 0 bridgehead atoms. The maximum Gasteiger partial charge on any atom is 0.147 e. The van der Waals surface area contributed by atoms with Gasteiger partial charge < -0.3 is 4.74 Å². The number of carbonyl (C=O) groups is 1. The van der Waals surface area contributed by atoms with E-state index in [4.69, 9.17) is 4.74 Å². The second kappa shape index (κ2) is 7.82. The van der Waals surface area contributed by atoms with Crippen LogP contribution in [0, 0.1) is 0 Å². The molecule has 0 atom stereocenters. The average Bonchev–Trinajstić information content (AvgIpc) is 2.10. The molecule has 0 aliphatic heterocycles. The highest BCUT2D eigenvalue weighted by Gasteiger charge is 2.05. The van der Waals surface area contributed by atoms with Crippen LogP contribution in [0.3, 0.4) is 0 Å². The van der Waals surface area contributed by atoms with Gasteiger partial charge in [-0.05, 0) is 12.8 Å². The van der Waals surface area contributed by atoms with Gasteiger partial charge in [-0.2, -0.15) is 0 Å². The molecule has 0 spiro atoms. The summed E-state index contributed by atoms with van der Waals surface area (Å²) in [5.41, 5.74) is 0. The zero-order valence-corrected chi connectivity index (χ0v) is 10.3. The number of carbonyl (C=O) groups excluding carboxylic acids is 1. The van der Waals surface area contributed by atoms with Crippen molar-refractivity contribution in [3.8, 4) is 0 Å². The average molecular weight is 236 g/mol. The zero-order chi connectivity index (χ0) is 11.7. The first-order valence-corrected chi connectivity index (χ1v) is 7.29. The first-order chi connectivity index (χ1) is 6.95. The Balaban J connectivity index is 3.42. The zero-order valence-electron chi connectivity index (χ0n) is 9.49. The lowest BCUT2D eigenvalue weighted by Crippen LogP contribution is -2.08. The van der Waals surface area contributed by atoms with Crippen molar-refractivity contribution in [1.82, 2.24) is 0 Å². The third kappa shape index (κ3) is 11.5. The molecule has 0 radical (unpaired) electrons. The summed E-state index contributed by atoms with van der Waals surface area (Å²) < 4.78 is 26.7. The molecule has 4 nitrogen and oxygen atoms in total. The highest BCUT2D eigenvalue weighted by atomic mass is 32.2. The van der Waals surface area contributed by atoms with Crippen molar-refractivity contribution in [2.75, 3.05) is 25.2 Å². The van der Waals surface area contributed by atoms with Gasteiger partial charge in [-0.25, -0.2) is 8.42 Å². The molecule has 0 rings (SSSR count). The lowest BCUT2D eigenvalue weighted by Gasteiger charge is -2.02. The van der Waals surface area contributed by atoms with Crippen molar-refractivity contribution in [2.45, 2.75) is 32.6 Å². The maximum absolute atomic E-state index is 11.2. The molecular formula is C10H20O4S. The van der Waals surface area contributed by atoms with E-state index in [1.54, 1.807) is 0 Å². The van der Waals surface area contributed by atoms with Gasteiger partial charge in [0.05, 0.1) is 12.4 Å². The normalized spacial score (nSPS) is 11.6. The quantitative estimate of drug-likeness (QED) is 0.564. The summed E-state index contributed by atoms with van der Waals surface area (Å²) in [4.78, 5) is 11.2. The number of ether oxygens (including phenoxy) is 1. The van der Waals surface area contributed by atoms with Crippen LogP contribution < -0.4 is 0 Å². The number of ketones is 1. The fourth-order valence-electron chi connectivity index (χ4n) is 1.09. The van der Waals surface area contributed by atoms with Crippen LogP contribution in [-0.2, 0) is 19.4 Å². The van der Waals surface area contributed by atoms with Crippen LogP contribution in [0.1, 0.15) is 32.6 Å². The van der Waals surface area contributed by atoms with Crippen molar-refractivity contribution in [3.05, 3.63) is 0 Å². The van der Waals surface area contributed by atoms with Crippen LogP contribution in [0.15, 0.2) is 0 Å². The summed E-state index contributed by atoms with van der Waals surface area (Å²) in [6.07, 6.45) is 3.28. The number of hydrogen-bond donors (Lipinski definition) is 0. The molecule has 0 N–H and O–H groups in total. The Morgan fingerprint density at radius 1 is 1.20 bits per heavy atom. The molecule has 0 aromatic heterocycles. The van der Waals surface area contributed by atoms with E-state index in [0.29, 0.717) is 32.5 Å². The fourth-order valence-corrected chi connectivity index (χ4v) is 1.76. The molecular weight excluding hydrogens is 216 g/mol. The summed E-state index contributed by atoms with van der Waals surface area (Å²) in [5, 5.41) is 0. The molecule has 0 aromatic rings. The Kier molecular flexibility index (Phi) is 7.60. The third-order valence-electron chi connectivity index (χ3n) is 1.84. The molecule has 15 heavy (non-hydrogen) atoms. The first kappa shape index (κ1) is 14.6. The van der Waals surface area contributed by atoms with Crippen molar-refractivity contribution in [2.24, 2.45) is 0 Å². The van der Waals surface area contributed by atoms with Crippen LogP contribution in [0.4, 0.5) is 0 Å².